The first-order chi connectivity index (χ1) is 7.38. The van der Waals surface area contributed by atoms with Crippen molar-refractivity contribution in [1.29, 1.82) is 0 Å². The van der Waals surface area contributed by atoms with E-state index >= 15 is 0 Å². The lowest BCUT2D eigenvalue weighted by atomic mass is 10.2. The van der Waals surface area contributed by atoms with Crippen molar-refractivity contribution in [3.63, 3.8) is 0 Å². The first kappa shape index (κ1) is 9.78. The highest BCUT2D eigenvalue weighted by Crippen LogP contribution is 2.00. The molecule has 0 amide bonds. The Hall–Kier alpha value is -1.76. The molecular formula is C8H12N6O. The molecule has 15 heavy (non-hydrogen) atoms. The number of hydrogen-bond acceptors (Lipinski definition) is 6. The Labute approximate surface area is 86.3 Å². The van der Waals surface area contributed by atoms with Crippen LogP contribution in [0, 0.1) is 0 Å². The lowest BCUT2D eigenvalue weighted by molar-refractivity contribution is 0.363. The fourth-order valence-electron chi connectivity index (χ4n) is 1.22. The maximum atomic E-state index is 5.40. The maximum Gasteiger partial charge on any atom is 0.248 e. The first-order valence-corrected chi connectivity index (χ1v) is 4.73. The minimum absolute atomic E-state index is 0.454. The van der Waals surface area contributed by atoms with Gasteiger partial charge in [0.25, 0.3) is 0 Å². The van der Waals surface area contributed by atoms with E-state index in [1.807, 2.05) is 6.20 Å². The van der Waals surface area contributed by atoms with Crippen LogP contribution in [-0.2, 0) is 13.0 Å². The summed E-state index contributed by atoms with van der Waals surface area (Å²) in [5.41, 5.74) is 6.34. The summed E-state index contributed by atoms with van der Waals surface area (Å²) < 4.78 is 6.52. The zero-order chi connectivity index (χ0) is 10.5. The van der Waals surface area contributed by atoms with Crippen molar-refractivity contribution >= 4 is 0 Å². The van der Waals surface area contributed by atoms with E-state index in [1.54, 1.807) is 4.68 Å². The van der Waals surface area contributed by atoms with Gasteiger partial charge in [-0.15, -0.1) is 5.10 Å². The number of hydrogen-bond donors (Lipinski definition) is 1. The van der Waals surface area contributed by atoms with Crippen molar-refractivity contribution in [3.05, 3.63) is 24.1 Å². The molecule has 2 N–H and O–H groups in total. The molecule has 7 nitrogen and oxygen atoms in total. The zero-order valence-corrected chi connectivity index (χ0v) is 8.20. The molecule has 0 aliphatic carbocycles. The van der Waals surface area contributed by atoms with E-state index < -0.39 is 0 Å². The van der Waals surface area contributed by atoms with Gasteiger partial charge in [-0.25, -0.2) is 4.68 Å². The molecule has 2 aromatic rings. The van der Waals surface area contributed by atoms with E-state index in [4.69, 9.17) is 10.3 Å². The zero-order valence-electron chi connectivity index (χ0n) is 8.20. The fourth-order valence-corrected chi connectivity index (χ4v) is 1.22. The first-order valence-electron chi connectivity index (χ1n) is 4.73. The minimum atomic E-state index is 0.454. The highest BCUT2D eigenvalue weighted by molar-refractivity contribution is 4.93. The van der Waals surface area contributed by atoms with Crippen LogP contribution in [0.15, 0.2) is 17.0 Å². The van der Waals surface area contributed by atoms with Crippen molar-refractivity contribution in [2.45, 2.75) is 19.4 Å². The largest absolute Gasteiger partial charge is 0.338 e. The van der Waals surface area contributed by atoms with Gasteiger partial charge in [0.1, 0.15) is 6.54 Å². The minimum Gasteiger partial charge on any atom is -0.338 e. The van der Waals surface area contributed by atoms with E-state index in [2.05, 4.69) is 20.5 Å². The van der Waals surface area contributed by atoms with Gasteiger partial charge in [0.05, 0.1) is 5.69 Å². The number of rotatable bonds is 5. The van der Waals surface area contributed by atoms with E-state index in [1.165, 1.54) is 6.33 Å². The van der Waals surface area contributed by atoms with Gasteiger partial charge in [-0.1, -0.05) is 10.4 Å². The Balaban J connectivity index is 1.95. The second-order valence-electron chi connectivity index (χ2n) is 3.13. The van der Waals surface area contributed by atoms with E-state index in [-0.39, 0.29) is 0 Å². The Morgan fingerprint density at radius 1 is 1.47 bits per heavy atom. The summed E-state index contributed by atoms with van der Waals surface area (Å²) in [6, 6.07) is 0. The number of aromatic nitrogens is 5. The number of nitrogens with zero attached hydrogens (tertiary/aromatic N) is 5. The molecule has 0 aliphatic heterocycles. The molecule has 2 heterocycles. The summed E-state index contributed by atoms with van der Waals surface area (Å²) in [7, 11) is 0. The third-order valence-corrected chi connectivity index (χ3v) is 1.93. The van der Waals surface area contributed by atoms with Crippen molar-refractivity contribution in [3.8, 4) is 0 Å². The molecule has 80 valence electrons. The van der Waals surface area contributed by atoms with Gasteiger partial charge in [0.2, 0.25) is 5.89 Å². The van der Waals surface area contributed by atoms with Crippen LogP contribution in [0.25, 0.3) is 0 Å². The fraction of sp³-hybridized carbons (Fsp3) is 0.500. The van der Waals surface area contributed by atoms with Gasteiger partial charge < -0.3 is 10.3 Å². The Morgan fingerprint density at radius 2 is 2.40 bits per heavy atom. The summed E-state index contributed by atoms with van der Waals surface area (Å²) in [5, 5.41) is 11.5. The van der Waals surface area contributed by atoms with E-state index in [9.17, 15) is 0 Å². The van der Waals surface area contributed by atoms with Gasteiger partial charge in [-0.3, -0.25) is 0 Å². The predicted molar refractivity (Wildman–Crippen MR) is 50.8 cm³/mol. The van der Waals surface area contributed by atoms with Crippen LogP contribution < -0.4 is 5.73 Å². The Morgan fingerprint density at radius 3 is 3.13 bits per heavy atom. The Kier molecular flexibility index (Phi) is 3.03. The third kappa shape index (κ3) is 2.59. The molecule has 0 aliphatic rings. The SMILES string of the molecule is NCCCc1cn(Cc2ncno2)nn1. The summed E-state index contributed by atoms with van der Waals surface area (Å²) in [6.07, 6.45) is 4.99. The lowest BCUT2D eigenvalue weighted by Gasteiger charge is -1.92. The molecule has 0 aromatic carbocycles. The standard InChI is InChI=1S/C8H12N6O/c9-3-1-2-7-4-14(13-12-7)5-8-10-6-11-15-8/h4,6H,1-3,5,9H2. The molecule has 2 rings (SSSR count). The molecule has 0 radical (unpaired) electrons. The third-order valence-electron chi connectivity index (χ3n) is 1.93. The van der Waals surface area contributed by atoms with Crippen LogP contribution in [0.2, 0.25) is 0 Å². The van der Waals surface area contributed by atoms with E-state index in [0.717, 1.165) is 18.5 Å². The summed E-state index contributed by atoms with van der Waals surface area (Å²) in [6.45, 7) is 1.12. The average molecular weight is 208 g/mol. The topological polar surface area (TPSA) is 95.7 Å². The van der Waals surface area contributed by atoms with Crippen LogP contribution in [0.5, 0.6) is 0 Å². The smallest absolute Gasteiger partial charge is 0.248 e. The maximum absolute atomic E-state index is 5.40. The number of aryl methyl sites for hydroxylation is 1. The van der Waals surface area contributed by atoms with Crippen LogP contribution in [0.1, 0.15) is 18.0 Å². The molecule has 0 saturated heterocycles. The van der Waals surface area contributed by atoms with Gasteiger partial charge in [-0.05, 0) is 19.4 Å². The van der Waals surface area contributed by atoms with E-state index in [0.29, 0.717) is 19.0 Å². The molecule has 0 unspecified atom stereocenters. The Bertz CT molecular complexity index is 395. The molecule has 2 aromatic heterocycles. The monoisotopic (exact) mass is 208 g/mol. The van der Waals surface area contributed by atoms with Crippen molar-refractivity contribution in [2.75, 3.05) is 6.54 Å². The second kappa shape index (κ2) is 4.65. The van der Waals surface area contributed by atoms with Crippen LogP contribution >= 0.6 is 0 Å². The summed E-state index contributed by atoms with van der Waals surface area (Å²) in [5.74, 6) is 0.519. The molecule has 7 heteroatoms. The molecule has 0 spiro atoms. The molecule has 0 bridgehead atoms. The highest BCUT2D eigenvalue weighted by atomic mass is 16.5. The second-order valence-corrected chi connectivity index (χ2v) is 3.13. The van der Waals surface area contributed by atoms with Gasteiger partial charge in [0, 0.05) is 6.20 Å². The quantitative estimate of drug-likeness (QED) is 0.718. The predicted octanol–water partition coefficient (Wildman–Crippen LogP) is -0.399. The van der Waals surface area contributed by atoms with Crippen molar-refractivity contribution in [1.82, 2.24) is 25.1 Å². The summed E-state index contributed by atoms with van der Waals surface area (Å²) in [4.78, 5) is 3.90. The van der Waals surface area contributed by atoms with Gasteiger partial charge in [0.15, 0.2) is 6.33 Å². The number of nitrogens with two attached hydrogens (primary N) is 1. The normalized spacial score (nSPS) is 10.7. The molecular weight excluding hydrogens is 196 g/mol. The van der Waals surface area contributed by atoms with Gasteiger partial charge >= 0.3 is 0 Å². The average Bonchev–Trinajstić information content (AvgIpc) is 2.87. The molecule has 0 fully saturated rings. The van der Waals surface area contributed by atoms with Crippen molar-refractivity contribution < 1.29 is 4.52 Å². The molecule has 0 atom stereocenters. The molecule has 0 saturated carbocycles. The van der Waals surface area contributed by atoms with Crippen LogP contribution in [0.3, 0.4) is 0 Å². The summed E-state index contributed by atoms with van der Waals surface area (Å²) >= 11 is 0. The van der Waals surface area contributed by atoms with Crippen LogP contribution in [0.4, 0.5) is 0 Å². The lowest BCUT2D eigenvalue weighted by Crippen LogP contribution is -2.01. The van der Waals surface area contributed by atoms with Crippen LogP contribution in [-0.4, -0.2) is 31.7 Å². The van der Waals surface area contributed by atoms with Gasteiger partial charge in [-0.2, -0.15) is 4.98 Å². The van der Waals surface area contributed by atoms with Crippen molar-refractivity contribution in [2.24, 2.45) is 5.73 Å². The highest BCUT2D eigenvalue weighted by Gasteiger charge is 2.04.